The van der Waals surface area contributed by atoms with Gasteiger partial charge in [-0.25, -0.2) is 0 Å². The molecule has 0 aliphatic heterocycles. The normalized spacial score (nSPS) is 36.6. The molecule has 0 N–H and O–H groups in total. The summed E-state index contributed by atoms with van der Waals surface area (Å²) in [6.45, 7) is 2.83. The second kappa shape index (κ2) is 4.33. The van der Waals surface area contributed by atoms with E-state index in [1.165, 1.54) is 13.8 Å². The van der Waals surface area contributed by atoms with Gasteiger partial charge < -0.3 is 0 Å². The average molecular weight is 335 g/mol. The molecule has 2 aliphatic rings. The maximum atomic E-state index is 12.6. The van der Waals surface area contributed by atoms with Crippen LogP contribution in [0.2, 0.25) is 0 Å². The monoisotopic (exact) mass is 334 g/mol. The smallest absolute Gasteiger partial charge is 0.299 e. The lowest BCUT2D eigenvalue weighted by Gasteiger charge is -2.41. The lowest BCUT2D eigenvalue weighted by Crippen LogP contribution is -2.52. The van der Waals surface area contributed by atoms with Gasteiger partial charge in [0.05, 0.1) is 5.41 Å². The van der Waals surface area contributed by atoms with Gasteiger partial charge in [0.15, 0.2) is 0 Å². The summed E-state index contributed by atoms with van der Waals surface area (Å²) in [4.78, 5) is 12.2. The molecule has 0 radical (unpaired) electrons. The average Bonchev–Trinajstić information content (AvgIpc) is 2.70. The second-order valence-corrected chi connectivity index (χ2v) is 7.61. The zero-order valence-electron chi connectivity index (χ0n) is 10.8. The molecule has 0 aromatic carbocycles. The summed E-state index contributed by atoms with van der Waals surface area (Å²) in [6, 6.07) is 0. The van der Waals surface area contributed by atoms with Crippen LogP contribution in [-0.2, 0) is 19.1 Å². The van der Waals surface area contributed by atoms with Crippen LogP contribution in [0.3, 0.4) is 0 Å². The maximum Gasteiger partial charge on any atom is 0.523 e. The fourth-order valence-corrected chi connectivity index (χ4v) is 4.89. The number of carbonyl (C=O) groups excluding carboxylic acids is 1. The minimum absolute atomic E-state index is 0.0725. The van der Waals surface area contributed by atoms with Gasteiger partial charge in [0.2, 0.25) is 0 Å². The standard InChI is InChI=1S/C11H14ClF3O4S/c1-9(2)8(16)6-3-4-10(9,7(6)5-12)19-20(17,18)11(13,14)15/h6-7H,3-5H2,1-2H3/t6-,7+,10-/m1/s1. The number of ketones is 1. The highest BCUT2D eigenvalue weighted by atomic mass is 35.5. The molecule has 0 heterocycles. The Hall–Kier alpha value is -0.340. The number of hydrogen-bond donors (Lipinski definition) is 0. The first kappa shape index (κ1) is 16.0. The molecule has 2 aliphatic carbocycles. The second-order valence-electron chi connectivity index (χ2n) is 5.77. The summed E-state index contributed by atoms with van der Waals surface area (Å²) in [5.74, 6) is -1.66. The van der Waals surface area contributed by atoms with Crippen molar-refractivity contribution in [2.45, 2.75) is 37.8 Å². The summed E-state index contributed by atoms with van der Waals surface area (Å²) < 4.78 is 64.9. The summed E-state index contributed by atoms with van der Waals surface area (Å²) in [7, 11) is -5.77. The summed E-state index contributed by atoms with van der Waals surface area (Å²) >= 11 is 5.75. The number of Topliss-reactive ketones (excluding diaryl/α,β-unsaturated/α-hetero) is 1. The number of hydrogen-bond acceptors (Lipinski definition) is 4. The molecule has 0 saturated heterocycles. The molecule has 2 fully saturated rings. The number of rotatable bonds is 3. The number of halogens is 4. The fourth-order valence-electron chi connectivity index (χ4n) is 3.53. The Morgan fingerprint density at radius 3 is 2.40 bits per heavy atom. The van der Waals surface area contributed by atoms with Crippen LogP contribution < -0.4 is 0 Å². The third-order valence-electron chi connectivity index (χ3n) is 4.63. The molecular formula is C11H14ClF3O4S. The van der Waals surface area contributed by atoms with E-state index in [1.54, 1.807) is 0 Å². The topological polar surface area (TPSA) is 60.4 Å². The molecule has 2 bridgehead atoms. The molecule has 9 heteroatoms. The Morgan fingerprint density at radius 2 is 1.95 bits per heavy atom. The molecule has 0 unspecified atom stereocenters. The molecule has 20 heavy (non-hydrogen) atoms. The van der Waals surface area contributed by atoms with Gasteiger partial charge in [0.1, 0.15) is 11.4 Å². The minimum Gasteiger partial charge on any atom is -0.299 e. The molecule has 4 nitrogen and oxygen atoms in total. The van der Waals surface area contributed by atoms with E-state index in [0.717, 1.165) is 0 Å². The number of fused-ring (bicyclic) bond motifs is 2. The summed E-state index contributed by atoms with van der Waals surface area (Å²) in [5, 5.41) is 0. The molecular weight excluding hydrogens is 321 g/mol. The zero-order chi connectivity index (χ0) is 15.6. The van der Waals surface area contributed by atoms with Crippen molar-refractivity contribution in [3.63, 3.8) is 0 Å². The maximum absolute atomic E-state index is 12.6. The highest BCUT2D eigenvalue weighted by Gasteiger charge is 2.72. The lowest BCUT2D eigenvalue weighted by molar-refractivity contribution is -0.138. The largest absolute Gasteiger partial charge is 0.523 e. The minimum atomic E-state index is -5.77. The summed E-state index contributed by atoms with van der Waals surface area (Å²) in [6.07, 6.45) is 0.371. The Morgan fingerprint density at radius 1 is 1.40 bits per heavy atom. The molecule has 2 saturated carbocycles. The highest BCUT2D eigenvalue weighted by molar-refractivity contribution is 7.87. The van der Waals surface area contributed by atoms with Crippen molar-refractivity contribution < 1.29 is 30.6 Å². The van der Waals surface area contributed by atoms with Crippen molar-refractivity contribution in [2.24, 2.45) is 17.3 Å². The van der Waals surface area contributed by atoms with Gasteiger partial charge in [0, 0.05) is 17.7 Å². The lowest BCUT2D eigenvalue weighted by atomic mass is 9.71. The predicted octanol–water partition coefficient (Wildman–Crippen LogP) is 2.47. The Labute approximate surface area is 119 Å². The number of alkyl halides is 4. The van der Waals surface area contributed by atoms with Crippen LogP contribution in [0.4, 0.5) is 13.2 Å². The van der Waals surface area contributed by atoms with Gasteiger partial charge in [-0.3, -0.25) is 8.98 Å². The Bertz CT molecular complexity index is 542. The number of carbonyl (C=O) groups is 1. The quantitative estimate of drug-likeness (QED) is 0.452. The molecule has 2 rings (SSSR count). The first-order valence-corrected chi connectivity index (χ1v) is 7.97. The van der Waals surface area contributed by atoms with Gasteiger partial charge in [-0.1, -0.05) is 13.8 Å². The molecule has 0 spiro atoms. The van der Waals surface area contributed by atoms with Gasteiger partial charge in [-0.15, -0.1) is 11.6 Å². The zero-order valence-corrected chi connectivity index (χ0v) is 12.4. The third-order valence-corrected chi connectivity index (χ3v) is 6.05. The van der Waals surface area contributed by atoms with E-state index in [-0.39, 0.29) is 18.1 Å². The SMILES string of the molecule is CC1(C)C(=O)[C@@H]2CC[C@@]1(OS(=O)(=O)C(F)(F)F)[C@H]2CCl. The molecule has 3 atom stereocenters. The van der Waals surface area contributed by atoms with Gasteiger partial charge in [0.25, 0.3) is 0 Å². The van der Waals surface area contributed by atoms with Crippen molar-refractivity contribution in [1.29, 1.82) is 0 Å². The fraction of sp³-hybridized carbons (Fsp3) is 0.909. The van der Waals surface area contributed by atoms with E-state index in [2.05, 4.69) is 4.18 Å². The van der Waals surface area contributed by atoms with Gasteiger partial charge in [-0.05, 0) is 12.8 Å². The van der Waals surface area contributed by atoms with Crippen LogP contribution in [0.25, 0.3) is 0 Å². The van der Waals surface area contributed by atoms with Crippen LogP contribution in [0, 0.1) is 17.3 Å². The third kappa shape index (κ3) is 1.84. The van der Waals surface area contributed by atoms with Crippen LogP contribution in [0.1, 0.15) is 26.7 Å². The van der Waals surface area contributed by atoms with Crippen molar-refractivity contribution in [3.05, 3.63) is 0 Å². The Kier molecular flexibility index (Phi) is 3.47. The molecule has 0 aromatic heterocycles. The van der Waals surface area contributed by atoms with Gasteiger partial charge >= 0.3 is 15.6 Å². The first-order valence-electron chi connectivity index (χ1n) is 6.03. The van der Waals surface area contributed by atoms with Crippen molar-refractivity contribution >= 4 is 27.5 Å². The van der Waals surface area contributed by atoms with Crippen molar-refractivity contribution in [3.8, 4) is 0 Å². The van der Waals surface area contributed by atoms with Crippen molar-refractivity contribution in [1.82, 2.24) is 0 Å². The van der Waals surface area contributed by atoms with E-state index >= 15 is 0 Å². The highest BCUT2D eigenvalue weighted by Crippen LogP contribution is 2.62. The van der Waals surface area contributed by atoms with Crippen LogP contribution >= 0.6 is 11.6 Å². The van der Waals surface area contributed by atoms with Crippen LogP contribution in [0.15, 0.2) is 0 Å². The van der Waals surface area contributed by atoms with E-state index in [1.807, 2.05) is 0 Å². The van der Waals surface area contributed by atoms with E-state index in [0.29, 0.717) is 6.42 Å². The van der Waals surface area contributed by atoms with E-state index < -0.39 is 38.5 Å². The van der Waals surface area contributed by atoms with E-state index in [9.17, 15) is 26.4 Å². The predicted molar refractivity (Wildman–Crippen MR) is 64.5 cm³/mol. The Balaban J connectivity index is 2.50. The van der Waals surface area contributed by atoms with Crippen molar-refractivity contribution in [2.75, 3.05) is 5.88 Å². The van der Waals surface area contributed by atoms with Gasteiger partial charge in [-0.2, -0.15) is 21.6 Å². The summed E-state index contributed by atoms with van der Waals surface area (Å²) in [5.41, 5.74) is -8.53. The van der Waals surface area contributed by atoms with Crippen LogP contribution in [0.5, 0.6) is 0 Å². The van der Waals surface area contributed by atoms with Crippen LogP contribution in [-0.4, -0.2) is 31.2 Å². The first-order chi connectivity index (χ1) is 8.91. The van der Waals surface area contributed by atoms with E-state index in [4.69, 9.17) is 11.6 Å². The molecule has 116 valence electrons. The molecule has 0 aromatic rings. The molecule has 0 amide bonds.